The van der Waals surface area contributed by atoms with Gasteiger partial charge in [0.15, 0.2) is 5.65 Å². The van der Waals surface area contributed by atoms with E-state index >= 15 is 0 Å². The molecule has 0 aromatic carbocycles. The highest BCUT2D eigenvalue weighted by Crippen LogP contribution is 2.32. The number of fused-ring (bicyclic) bond motifs is 1. The third kappa shape index (κ3) is 3.70. The summed E-state index contributed by atoms with van der Waals surface area (Å²) in [4.78, 5) is 9.17. The predicted molar refractivity (Wildman–Crippen MR) is 90.3 cm³/mol. The Labute approximate surface area is 136 Å². The van der Waals surface area contributed by atoms with E-state index in [1.807, 2.05) is 13.0 Å². The summed E-state index contributed by atoms with van der Waals surface area (Å²) in [6, 6.07) is 2.27. The SMILES string of the molecule is CCCCC(CCC)n1c(C(C)Cl)nc2cc(Cl)cnc21. The van der Waals surface area contributed by atoms with Gasteiger partial charge < -0.3 is 4.57 Å². The minimum Gasteiger partial charge on any atom is -0.308 e. The lowest BCUT2D eigenvalue weighted by Crippen LogP contribution is -2.13. The highest BCUT2D eigenvalue weighted by molar-refractivity contribution is 6.31. The molecule has 0 saturated heterocycles. The maximum absolute atomic E-state index is 6.35. The van der Waals surface area contributed by atoms with Crippen LogP contribution in [0.3, 0.4) is 0 Å². The molecule has 2 unspecified atom stereocenters. The van der Waals surface area contributed by atoms with Crippen molar-refractivity contribution in [1.82, 2.24) is 14.5 Å². The first-order chi connectivity index (χ1) is 10.1. The van der Waals surface area contributed by atoms with E-state index in [2.05, 4.69) is 28.4 Å². The van der Waals surface area contributed by atoms with Crippen molar-refractivity contribution in [3.63, 3.8) is 0 Å². The van der Waals surface area contributed by atoms with E-state index in [4.69, 9.17) is 23.2 Å². The van der Waals surface area contributed by atoms with E-state index in [0.717, 1.165) is 36.3 Å². The van der Waals surface area contributed by atoms with Crippen molar-refractivity contribution >= 4 is 34.4 Å². The quantitative estimate of drug-likeness (QED) is 0.591. The molecule has 0 radical (unpaired) electrons. The zero-order chi connectivity index (χ0) is 15.4. The van der Waals surface area contributed by atoms with E-state index in [0.29, 0.717) is 11.1 Å². The van der Waals surface area contributed by atoms with Crippen LogP contribution < -0.4 is 0 Å². The second-order valence-corrected chi connectivity index (χ2v) is 6.63. The van der Waals surface area contributed by atoms with Gasteiger partial charge in [-0.15, -0.1) is 11.6 Å². The number of hydrogen-bond acceptors (Lipinski definition) is 2. The van der Waals surface area contributed by atoms with E-state index in [-0.39, 0.29) is 5.38 Å². The fourth-order valence-electron chi connectivity index (χ4n) is 2.79. The number of nitrogens with zero attached hydrogens (tertiary/aromatic N) is 3. The molecule has 116 valence electrons. The van der Waals surface area contributed by atoms with Gasteiger partial charge in [-0.1, -0.05) is 44.7 Å². The zero-order valence-electron chi connectivity index (χ0n) is 12.9. The average molecular weight is 328 g/mol. The predicted octanol–water partition coefficient (Wildman–Crippen LogP) is 5.92. The fourth-order valence-corrected chi connectivity index (χ4v) is 3.10. The molecule has 0 saturated carbocycles. The third-order valence-electron chi connectivity index (χ3n) is 3.76. The second-order valence-electron chi connectivity index (χ2n) is 5.54. The van der Waals surface area contributed by atoms with Crippen LogP contribution in [0.2, 0.25) is 5.02 Å². The molecule has 3 nitrogen and oxygen atoms in total. The van der Waals surface area contributed by atoms with Crippen molar-refractivity contribution < 1.29 is 0 Å². The number of alkyl halides is 1. The molecule has 2 aromatic rings. The molecule has 0 aliphatic heterocycles. The molecule has 2 atom stereocenters. The molecule has 2 rings (SSSR count). The summed E-state index contributed by atoms with van der Waals surface area (Å²) in [7, 11) is 0. The van der Waals surface area contributed by atoms with Gasteiger partial charge in [-0.05, 0) is 25.8 Å². The fraction of sp³-hybridized carbons (Fsp3) is 0.625. The third-order valence-corrected chi connectivity index (χ3v) is 4.16. The number of pyridine rings is 1. The maximum atomic E-state index is 6.35. The van der Waals surface area contributed by atoms with Crippen LogP contribution in [-0.4, -0.2) is 14.5 Å². The van der Waals surface area contributed by atoms with Gasteiger partial charge in [0.25, 0.3) is 0 Å². The van der Waals surface area contributed by atoms with E-state index in [9.17, 15) is 0 Å². The van der Waals surface area contributed by atoms with E-state index in [1.165, 1.54) is 12.8 Å². The van der Waals surface area contributed by atoms with Crippen LogP contribution in [0.25, 0.3) is 11.2 Å². The Bertz CT molecular complexity index is 592. The topological polar surface area (TPSA) is 30.7 Å². The average Bonchev–Trinajstić information content (AvgIpc) is 2.82. The van der Waals surface area contributed by atoms with Crippen molar-refractivity contribution in [2.75, 3.05) is 0 Å². The Morgan fingerprint density at radius 3 is 2.62 bits per heavy atom. The molecule has 0 bridgehead atoms. The molecule has 0 aliphatic rings. The Kier molecular flexibility index (Phi) is 5.88. The van der Waals surface area contributed by atoms with Gasteiger partial charge in [-0.3, -0.25) is 0 Å². The van der Waals surface area contributed by atoms with Gasteiger partial charge in [-0.2, -0.15) is 0 Å². The summed E-state index contributed by atoms with van der Waals surface area (Å²) in [6.07, 6.45) is 7.47. The van der Waals surface area contributed by atoms with Crippen LogP contribution in [0.5, 0.6) is 0 Å². The lowest BCUT2D eigenvalue weighted by Gasteiger charge is -2.21. The van der Waals surface area contributed by atoms with Crippen molar-refractivity contribution in [2.24, 2.45) is 0 Å². The molecule has 0 fully saturated rings. The van der Waals surface area contributed by atoms with Crippen LogP contribution in [0, 0.1) is 0 Å². The molecular formula is C16H23Cl2N3. The number of aromatic nitrogens is 3. The Morgan fingerprint density at radius 2 is 2.00 bits per heavy atom. The highest BCUT2D eigenvalue weighted by Gasteiger charge is 2.22. The van der Waals surface area contributed by atoms with Crippen LogP contribution >= 0.6 is 23.2 Å². The lowest BCUT2D eigenvalue weighted by atomic mass is 10.0. The van der Waals surface area contributed by atoms with Crippen molar-refractivity contribution in [3.8, 4) is 0 Å². The molecule has 0 amide bonds. The molecule has 5 heteroatoms. The highest BCUT2D eigenvalue weighted by atomic mass is 35.5. The Hall–Kier alpha value is -0.800. The number of imidazole rings is 1. The minimum atomic E-state index is -0.140. The van der Waals surface area contributed by atoms with Crippen LogP contribution in [-0.2, 0) is 0 Å². The summed E-state index contributed by atoms with van der Waals surface area (Å²) in [5.41, 5.74) is 1.74. The van der Waals surface area contributed by atoms with Crippen LogP contribution in [0.1, 0.15) is 70.1 Å². The van der Waals surface area contributed by atoms with Crippen molar-refractivity contribution in [1.29, 1.82) is 0 Å². The first-order valence-electron chi connectivity index (χ1n) is 7.75. The number of hydrogen-bond donors (Lipinski definition) is 0. The van der Waals surface area contributed by atoms with Crippen molar-refractivity contribution in [3.05, 3.63) is 23.1 Å². The smallest absolute Gasteiger partial charge is 0.160 e. The summed E-state index contributed by atoms with van der Waals surface area (Å²) in [5, 5.41) is 0.473. The molecule has 2 heterocycles. The summed E-state index contributed by atoms with van der Waals surface area (Å²) in [6.45, 7) is 6.40. The van der Waals surface area contributed by atoms with Gasteiger partial charge in [0.05, 0.1) is 10.4 Å². The van der Waals surface area contributed by atoms with Gasteiger partial charge in [0.2, 0.25) is 0 Å². The number of rotatable bonds is 7. The monoisotopic (exact) mass is 327 g/mol. The van der Waals surface area contributed by atoms with Gasteiger partial charge >= 0.3 is 0 Å². The standard InChI is InChI=1S/C16H23Cl2N3/c1-4-6-8-13(7-5-2)21-15(11(3)17)20-14-9-12(18)10-19-16(14)21/h9-11,13H,4-8H2,1-3H3. The van der Waals surface area contributed by atoms with Gasteiger partial charge in [-0.25, -0.2) is 9.97 Å². The first-order valence-corrected chi connectivity index (χ1v) is 8.57. The van der Waals surface area contributed by atoms with E-state index in [1.54, 1.807) is 6.20 Å². The van der Waals surface area contributed by atoms with E-state index < -0.39 is 0 Å². The first kappa shape index (κ1) is 16.6. The normalized spacial score (nSPS) is 14.5. The molecule has 0 spiro atoms. The second kappa shape index (κ2) is 7.46. The van der Waals surface area contributed by atoms with Crippen LogP contribution in [0.15, 0.2) is 12.3 Å². The zero-order valence-corrected chi connectivity index (χ0v) is 14.5. The Balaban J connectivity index is 2.53. The van der Waals surface area contributed by atoms with Crippen molar-refractivity contribution in [2.45, 2.75) is 64.3 Å². The number of halogens is 2. The Morgan fingerprint density at radius 1 is 1.24 bits per heavy atom. The van der Waals surface area contributed by atoms with Gasteiger partial charge in [0.1, 0.15) is 11.3 Å². The maximum Gasteiger partial charge on any atom is 0.160 e. The minimum absolute atomic E-state index is 0.140. The largest absolute Gasteiger partial charge is 0.308 e. The number of unbranched alkanes of at least 4 members (excludes halogenated alkanes) is 1. The summed E-state index contributed by atoms with van der Waals surface area (Å²) < 4.78 is 2.24. The molecular weight excluding hydrogens is 305 g/mol. The summed E-state index contributed by atoms with van der Waals surface area (Å²) >= 11 is 12.4. The van der Waals surface area contributed by atoms with Gasteiger partial charge in [0, 0.05) is 12.2 Å². The summed E-state index contributed by atoms with van der Waals surface area (Å²) in [5.74, 6) is 0.899. The lowest BCUT2D eigenvalue weighted by molar-refractivity contribution is 0.412. The molecule has 2 aromatic heterocycles. The van der Waals surface area contributed by atoms with Crippen LogP contribution in [0.4, 0.5) is 0 Å². The molecule has 21 heavy (non-hydrogen) atoms. The molecule has 0 N–H and O–H groups in total. The molecule has 0 aliphatic carbocycles.